The van der Waals surface area contributed by atoms with Crippen LogP contribution in [0.25, 0.3) is 0 Å². The third kappa shape index (κ3) is 5.03. The summed E-state index contributed by atoms with van der Waals surface area (Å²) in [5.74, 6) is -1.64. The fourth-order valence-electron chi connectivity index (χ4n) is 2.86. The number of anilines is 1. The van der Waals surface area contributed by atoms with Gasteiger partial charge in [0.2, 0.25) is 0 Å². The highest BCUT2D eigenvalue weighted by atomic mass is 35.5. The lowest BCUT2D eigenvalue weighted by Gasteiger charge is -2.24. The van der Waals surface area contributed by atoms with Crippen LogP contribution in [0.5, 0.6) is 0 Å². The zero-order valence-electron chi connectivity index (χ0n) is 15.3. The molecule has 0 spiro atoms. The molecule has 9 heteroatoms. The Kier molecular flexibility index (Phi) is 7.45. The predicted octanol–water partition coefficient (Wildman–Crippen LogP) is 2.22. The summed E-state index contributed by atoms with van der Waals surface area (Å²) in [6, 6.07) is 7.37. The average molecular weight is 409 g/mol. The molecule has 4 N–H and O–H groups in total. The number of carbonyl (C=O) groups is 2. The van der Waals surface area contributed by atoms with E-state index in [0.717, 1.165) is 6.54 Å². The molecule has 150 valence electrons. The molecule has 1 atom stereocenters. The fourth-order valence-corrected chi connectivity index (χ4v) is 2.86. The number of carbonyl (C=O) groups excluding carboxylic acids is 2. The molecule has 3 rings (SSSR count). The molecule has 0 aliphatic carbocycles. The molecule has 0 saturated carbocycles. The highest BCUT2D eigenvalue weighted by Crippen LogP contribution is 2.24. The van der Waals surface area contributed by atoms with E-state index >= 15 is 0 Å². The lowest BCUT2D eigenvalue weighted by atomic mass is 10.1. The molecule has 2 heterocycles. The summed E-state index contributed by atoms with van der Waals surface area (Å²) in [4.78, 5) is 28.0. The standard InChI is InChI=1S/C19H21FN4O3.ClH/c1-2-12-7-11(8-16(23-12)18(21)25)19(26)24-13-3-4-14(15(20)9-13)17-10-22-5-6-27-17;/h3-4,7-9,17,22H,2,5-6,10H2,1H3,(H2,21,25)(H,24,26);1H/t17-;/m1./s1. The number of aromatic nitrogens is 1. The van der Waals surface area contributed by atoms with E-state index < -0.39 is 17.6 Å². The molecule has 0 unspecified atom stereocenters. The molecule has 1 aliphatic rings. The van der Waals surface area contributed by atoms with Crippen molar-refractivity contribution >= 4 is 29.9 Å². The molecule has 7 nitrogen and oxygen atoms in total. The van der Waals surface area contributed by atoms with Crippen LogP contribution in [0.1, 0.15) is 45.1 Å². The van der Waals surface area contributed by atoms with Gasteiger partial charge in [-0.2, -0.15) is 0 Å². The van der Waals surface area contributed by atoms with Crippen molar-refractivity contribution in [2.45, 2.75) is 19.4 Å². The second-order valence-electron chi connectivity index (χ2n) is 6.20. The molecule has 1 aromatic heterocycles. The summed E-state index contributed by atoms with van der Waals surface area (Å²) >= 11 is 0. The van der Waals surface area contributed by atoms with E-state index in [1.165, 1.54) is 12.1 Å². The van der Waals surface area contributed by atoms with Crippen molar-refractivity contribution in [3.05, 3.63) is 58.7 Å². The van der Waals surface area contributed by atoms with Gasteiger partial charge in [0.15, 0.2) is 0 Å². The highest BCUT2D eigenvalue weighted by Gasteiger charge is 2.20. The molecule has 1 aromatic carbocycles. The summed E-state index contributed by atoms with van der Waals surface area (Å²) in [6.45, 7) is 3.65. The Hall–Kier alpha value is -2.55. The number of halogens is 2. The van der Waals surface area contributed by atoms with Gasteiger partial charge in [-0.1, -0.05) is 13.0 Å². The smallest absolute Gasteiger partial charge is 0.267 e. The maximum atomic E-state index is 14.4. The second kappa shape index (κ2) is 9.59. The number of aryl methyl sites for hydroxylation is 1. The van der Waals surface area contributed by atoms with Crippen LogP contribution < -0.4 is 16.4 Å². The van der Waals surface area contributed by atoms with Gasteiger partial charge < -0.3 is 21.1 Å². The minimum atomic E-state index is -0.712. The molecule has 28 heavy (non-hydrogen) atoms. The van der Waals surface area contributed by atoms with Gasteiger partial charge in [-0.25, -0.2) is 9.37 Å². The first-order chi connectivity index (χ1) is 13.0. The molecule has 1 fully saturated rings. The van der Waals surface area contributed by atoms with Gasteiger partial charge in [0.05, 0.1) is 12.7 Å². The number of hydrogen-bond acceptors (Lipinski definition) is 5. The second-order valence-corrected chi connectivity index (χ2v) is 6.20. The lowest BCUT2D eigenvalue weighted by Crippen LogP contribution is -2.33. The number of benzene rings is 1. The van der Waals surface area contributed by atoms with Crippen molar-refractivity contribution in [1.82, 2.24) is 10.3 Å². The number of nitrogens with zero attached hydrogens (tertiary/aromatic N) is 1. The minimum absolute atomic E-state index is 0. The largest absolute Gasteiger partial charge is 0.371 e. The summed E-state index contributed by atoms with van der Waals surface area (Å²) in [6.07, 6.45) is 0.189. The highest BCUT2D eigenvalue weighted by molar-refractivity contribution is 6.05. The van der Waals surface area contributed by atoms with E-state index in [1.54, 1.807) is 18.2 Å². The van der Waals surface area contributed by atoms with Crippen LogP contribution in [0.3, 0.4) is 0 Å². The van der Waals surface area contributed by atoms with Gasteiger partial charge >= 0.3 is 0 Å². The van der Waals surface area contributed by atoms with Gasteiger partial charge in [0, 0.05) is 35.6 Å². The molecule has 0 radical (unpaired) electrons. The average Bonchev–Trinajstić information content (AvgIpc) is 2.68. The van der Waals surface area contributed by atoms with Crippen LogP contribution in [-0.2, 0) is 11.2 Å². The lowest BCUT2D eigenvalue weighted by molar-refractivity contribution is 0.0255. The number of nitrogens with two attached hydrogens (primary N) is 1. The van der Waals surface area contributed by atoms with Crippen LogP contribution in [0.2, 0.25) is 0 Å². The minimum Gasteiger partial charge on any atom is -0.371 e. The molecule has 0 bridgehead atoms. The van der Waals surface area contributed by atoms with Crippen molar-refractivity contribution in [3.63, 3.8) is 0 Å². The third-order valence-corrected chi connectivity index (χ3v) is 4.29. The SMILES string of the molecule is CCc1cc(C(=O)Nc2ccc([C@H]3CNCCO3)c(F)c2)cc(C(N)=O)n1.Cl. The first kappa shape index (κ1) is 21.7. The summed E-state index contributed by atoms with van der Waals surface area (Å²) in [7, 11) is 0. The number of ether oxygens (including phenoxy) is 1. The van der Waals surface area contributed by atoms with Gasteiger partial charge in [0.25, 0.3) is 11.8 Å². The summed E-state index contributed by atoms with van der Waals surface area (Å²) in [5.41, 5.74) is 6.83. The van der Waals surface area contributed by atoms with E-state index in [2.05, 4.69) is 15.6 Å². The Morgan fingerprint density at radius 2 is 2.14 bits per heavy atom. The Morgan fingerprint density at radius 1 is 1.36 bits per heavy atom. The van der Waals surface area contributed by atoms with Crippen molar-refractivity contribution in [1.29, 1.82) is 0 Å². The first-order valence-electron chi connectivity index (χ1n) is 8.71. The first-order valence-corrected chi connectivity index (χ1v) is 8.71. The molecular weight excluding hydrogens is 387 g/mol. The molecular formula is C19H22ClFN4O3. The number of morpholine rings is 1. The van der Waals surface area contributed by atoms with Crippen LogP contribution in [0, 0.1) is 5.82 Å². The third-order valence-electron chi connectivity index (χ3n) is 4.29. The van der Waals surface area contributed by atoms with E-state index in [0.29, 0.717) is 36.5 Å². The van der Waals surface area contributed by atoms with Crippen molar-refractivity contribution < 1.29 is 18.7 Å². The topological polar surface area (TPSA) is 106 Å². The van der Waals surface area contributed by atoms with Gasteiger partial charge in [-0.3, -0.25) is 9.59 Å². The molecule has 2 aromatic rings. The maximum absolute atomic E-state index is 14.4. The number of rotatable bonds is 5. The van der Waals surface area contributed by atoms with Gasteiger partial charge in [0.1, 0.15) is 11.5 Å². The maximum Gasteiger partial charge on any atom is 0.267 e. The number of pyridine rings is 1. The molecule has 2 amide bonds. The van der Waals surface area contributed by atoms with E-state index in [9.17, 15) is 14.0 Å². The van der Waals surface area contributed by atoms with Crippen LogP contribution in [-0.4, -0.2) is 36.5 Å². The molecule has 1 aliphatic heterocycles. The predicted molar refractivity (Wildman–Crippen MR) is 105 cm³/mol. The Labute approximate surface area is 168 Å². The Morgan fingerprint density at radius 3 is 2.75 bits per heavy atom. The zero-order chi connectivity index (χ0) is 19.4. The summed E-state index contributed by atoms with van der Waals surface area (Å²) < 4.78 is 20.0. The molecule has 1 saturated heterocycles. The number of primary amides is 1. The Bertz CT molecular complexity index is 872. The fraction of sp³-hybridized carbons (Fsp3) is 0.316. The number of nitrogens with one attached hydrogen (secondary N) is 2. The van der Waals surface area contributed by atoms with E-state index in [4.69, 9.17) is 10.5 Å². The number of amides is 2. The van der Waals surface area contributed by atoms with Crippen LogP contribution in [0.4, 0.5) is 10.1 Å². The van der Waals surface area contributed by atoms with Crippen LogP contribution in [0.15, 0.2) is 30.3 Å². The summed E-state index contributed by atoms with van der Waals surface area (Å²) in [5, 5.41) is 5.78. The van der Waals surface area contributed by atoms with Crippen molar-refractivity contribution in [3.8, 4) is 0 Å². The number of hydrogen-bond donors (Lipinski definition) is 3. The van der Waals surface area contributed by atoms with E-state index in [1.807, 2.05) is 6.92 Å². The zero-order valence-corrected chi connectivity index (χ0v) is 16.1. The van der Waals surface area contributed by atoms with Crippen LogP contribution >= 0.6 is 12.4 Å². The van der Waals surface area contributed by atoms with Gasteiger partial charge in [-0.05, 0) is 30.7 Å². The normalized spacial score (nSPS) is 16.1. The van der Waals surface area contributed by atoms with Crippen molar-refractivity contribution in [2.75, 3.05) is 25.0 Å². The monoisotopic (exact) mass is 408 g/mol. The quantitative estimate of drug-likeness (QED) is 0.703. The Balaban J connectivity index is 0.00000280. The van der Waals surface area contributed by atoms with Crippen molar-refractivity contribution in [2.24, 2.45) is 5.73 Å². The van der Waals surface area contributed by atoms with E-state index in [-0.39, 0.29) is 29.8 Å². The van der Waals surface area contributed by atoms with Gasteiger partial charge in [-0.15, -0.1) is 12.4 Å².